The minimum absolute atomic E-state index is 0.361. The first-order valence-corrected chi connectivity index (χ1v) is 10.6. The van der Waals surface area contributed by atoms with Crippen LogP contribution in [0.4, 0.5) is 8.78 Å². The number of rotatable bonds is 3. The van der Waals surface area contributed by atoms with Crippen molar-refractivity contribution in [2.45, 2.75) is 77.0 Å². The van der Waals surface area contributed by atoms with Crippen molar-refractivity contribution in [3.63, 3.8) is 0 Å². The monoisotopic (exact) mass is 346 g/mol. The summed E-state index contributed by atoms with van der Waals surface area (Å²) in [5.41, 5.74) is 0.893. The van der Waals surface area contributed by atoms with Crippen molar-refractivity contribution in [3.05, 3.63) is 35.4 Å². The molecule has 1 aromatic rings. The lowest BCUT2D eigenvalue weighted by Crippen LogP contribution is -2.41. The van der Waals surface area contributed by atoms with Crippen LogP contribution in [0.1, 0.15) is 82.6 Å². The van der Waals surface area contributed by atoms with E-state index in [1.54, 1.807) is 12.1 Å². The molecule has 3 aliphatic carbocycles. The van der Waals surface area contributed by atoms with Gasteiger partial charge in [0.25, 0.3) is 0 Å². The molecule has 2 heteroatoms. The molecule has 0 bridgehead atoms. The van der Waals surface area contributed by atoms with Gasteiger partial charge in [-0.2, -0.15) is 0 Å². The van der Waals surface area contributed by atoms with Crippen LogP contribution in [0.5, 0.6) is 0 Å². The molecule has 0 heterocycles. The number of halogens is 2. The molecule has 4 rings (SSSR count). The van der Waals surface area contributed by atoms with Gasteiger partial charge in [-0.15, -0.1) is 0 Å². The van der Waals surface area contributed by atoms with Gasteiger partial charge in [-0.1, -0.05) is 26.2 Å². The van der Waals surface area contributed by atoms with Crippen molar-refractivity contribution in [1.29, 1.82) is 0 Å². The quantitative estimate of drug-likeness (QED) is 0.548. The highest BCUT2D eigenvalue weighted by Crippen LogP contribution is 2.55. The fourth-order valence-corrected chi connectivity index (χ4v) is 6.68. The van der Waals surface area contributed by atoms with Gasteiger partial charge in [-0.25, -0.2) is 8.78 Å². The van der Waals surface area contributed by atoms with Gasteiger partial charge < -0.3 is 0 Å². The van der Waals surface area contributed by atoms with Crippen LogP contribution in [0.25, 0.3) is 0 Å². The SMILES string of the molecule is CCCC1CCC2C(CCC3CC(c4cc(F)cc(F)c4)CCC32)C1. The van der Waals surface area contributed by atoms with E-state index in [2.05, 4.69) is 6.92 Å². The molecule has 0 radical (unpaired) electrons. The Bertz CT molecular complexity index is 576. The standard InChI is InChI=1S/C23H32F2/c1-2-3-15-4-8-22-17(10-15)5-6-18-11-16(7-9-23(18)22)19-12-20(24)14-21(25)13-19/h12-18,22-23H,2-11H2,1H3. The maximum absolute atomic E-state index is 13.6. The van der Waals surface area contributed by atoms with E-state index in [0.717, 1.165) is 54.1 Å². The molecule has 0 spiro atoms. The van der Waals surface area contributed by atoms with E-state index in [0.29, 0.717) is 5.92 Å². The zero-order valence-electron chi connectivity index (χ0n) is 15.5. The fourth-order valence-electron chi connectivity index (χ4n) is 6.68. The van der Waals surface area contributed by atoms with Gasteiger partial charge in [-0.05, 0) is 98.1 Å². The van der Waals surface area contributed by atoms with E-state index in [-0.39, 0.29) is 0 Å². The highest BCUT2D eigenvalue weighted by atomic mass is 19.1. The van der Waals surface area contributed by atoms with E-state index >= 15 is 0 Å². The zero-order valence-corrected chi connectivity index (χ0v) is 15.5. The molecule has 3 saturated carbocycles. The second-order valence-electron chi connectivity index (χ2n) is 9.11. The Hall–Kier alpha value is -0.920. The second-order valence-corrected chi connectivity index (χ2v) is 9.11. The summed E-state index contributed by atoms with van der Waals surface area (Å²) >= 11 is 0. The lowest BCUT2D eigenvalue weighted by Gasteiger charge is -2.51. The molecular formula is C23H32F2. The van der Waals surface area contributed by atoms with Crippen molar-refractivity contribution >= 4 is 0 Å². The van der Waals surface area contributed by atoms with E-state index in [4.69, 9.17) is 0 Å². The van der Waals surface area contributed by atoms with E-state index < -0.39 is 11.6 Å². The zero-order chi connectivity index (χ0) is 17.4. The van der Waals surface area contributed by atoms with E-state index in [9.17, 15) is 8.78 Å². The molecule has 0 N–H and O–H groups in total. The van der Waals surface area contributed by atoms with Crippen molar-refractivity contribution in [1.82, 2.24) is 0 Å². The highest BCUT2D eigenvalue weighted by Gasteiger charge is 2.44. The highest BCUT2D eigenvalue weighted by molar-refractivity contribution is 5.23. The molecule has 3 aliphatic rings. The Labute approximate surface area is 151 Å². The Kier molecular flexibility index (Phi) is 5.15. The average molecular weight is 347 g/mol. The Morgan fingerprint density at radius 2 is 1.44 bits per heavy atom. The van der Waals surface area contributed by atoms with E-state index in [1.165, 1.54) is 51.4 Å². The summed E-state index contributed by atoms with van der Waals surface area (Å²) in [6.07, 6.45) is 13.4. The largest absolute Gasteiger partial charge is 0.207 e. The summed E-state index contributed by atoms with van der Waals surface area (Å²) in [6, 6.07) is 4.13. The van der Waals surface area contributed by atoms with Crippen LogP contribution in [0.3, 0.4) is 0 Å². The summed E-state index contributed by atoms with van der Waals surface area (Å²) in [5.74, 6) is 4.08. The topological polar surface area (TPSA) is 0 Å². The molecule has 1 aromatic carbocycles. The van der Waals surface area contributed by atoms with Crippen LogP contribution in [0.15, 0.2) is 18.2 Å². The van der Waals surface area contributed by atoms with Crippen LogP contribution < -0.4 is 0 Å². The summed E-state index contributed by atoms with van der Waals surface area (Å²) < 4.78 is 27.2. The van der Waals surface area contributed by atoms with E-state index in [1.807, 2.05) is 0 Å². The molecule has 138 valence electrons. The first-order chi connectivity index (χ1) is 12.1. The minimum Gasteiger partial charge on any atom is -0.207 e. The number of fused-ring (bicyclic) bond motifs is 3. The number of benzene rings is 1. The predicted molar refractivity (Wildman–Crippen MR) is 98.4 cm³/mol. The van der Waals surface area contributed by atoms with Gasteiger partial charge >= 0.3 is 0 Å². The smallest absolute Gasteiger partial charge is 0.126 e. The van der Waals surface area contributed by atoms with Crippen molar-refractivity contribution in [2.24, 2.45) is 29.6 Å². The maximum Gasteiger partial charge on any atom is 0.126 e. The van der Waals surface area contributed by atoms with Crippen LogP contribution >= 0.6 is 0 Å². The van der Waals surface area contributed by atoms with Gasteiger partial charge in [0.05, 0.1) is 0 Å². The Balaban J connectivity index is 1.43. The molecule has 0 saturated heterocycles. The first-order valence-electron chi connectivity index (χ1n) is 10.6. The molecule has 6 unspecified atom stereocenters. The third-order valence-electron chi connectivity index (χ3n) is 7.70. The molecule has 25 heavy (non-hydrogen) atoms. The van der Waals surface area contributed by atoms with Crippen molar-refractivity contribution in [3.8, 4) is 0 Å². The molecule has 0 aliphatic heterocycles. The van der Waals surface area contributed by atoms with Crippen LogP contribution in [-0.2, 0) is 0 Å². The van der Waals surface area contributed by atoms with Gasteiger partial charge in [0.2, 0.25) is 0 Å². The van der Waals surface area contributed by atoms with Crippen LogP contribution in [-0.4, -0.2) is 0 Å². The fraction of sp³-hybridized carbons (Fsp3) is 0.739. The maximum atomic E-state index is 13.6. The average Bonchev–Trinajstić information content (AvgIpc) is 2.60. The molecule has 6 atom stereocenters. The third kappa shape index (κ3) is 3.64. The Morgan fingerprint density at radius 3 is 2.12 bits per heavy atom. The molecule has 3 fully saturated rings. The van der Waals surface area contributed by atoms with Gasteiger partial charge in [0, 0.05) is 6.07 Å². The summed E-state index contributed by atoms with van der Waals surface area (Å²) in [5, 5.41) is 0. The van der Waals surface area contributed by atoms with Crippen molar-refractivity contribution < 1.29 is 8.78 Å². The normalized spacial score (nSPS) is 38.0. The lowest BCUT2D eigenvalue weighted by molar-refractivity contribution is 0.00539. The van der Waals surface area contributed by atoms with Gasteiger partial charge in [0.1, 0.15) is 11.6 Å². The summed E-state index contributed by atoms with van der Waals surface area (Å²) in [6.45, 7) is 2.32. The lowest BCUT2D eigenvalue weighted by atomic mass is 9.55. The summed E-state index contributed by atoms with van der Waals surface area (Å²) in [4.78, 5) is 0. The van der Waals surface area contributed by atoms with Crippen LogP contribution in [0, 0.1) is 41.2 Å². The predicted octanol–water partition coefficient (Wildman–Crippen LogP) is 7.09. The minimum atomic E-state index is -0.421. The van der Waals surface area contributed by atoms with Crippen molar-refractivity contribution in [2.75, 3.05) is 0 Å². The van der Waals surface area contributed by atoms with Gasteiger partial charge in [-0.3, -0.25) is 0 Å². The number of hydrogen-bond acceptors (Lipinski definition) is 0. The summed E-state index contributed by atoms with van der Waals surface area (Å²) in [7, 11) is 0. The molecule has 0 aromatic heterocycles. The molecule has 0 nitrogen and oxygen atoms in total. The molecule has 0 amide bonds. The van der Waals surface area contributed by atoms with Gasteiger partial charge in [0.15, 0.2) is 0 Å². The Morgan fingerprint density at radius 1 is 0.800 bits per heavy atom. The third-order valence-corrected chi connectivity index (χ3v) is 7.70. The van der Waals surface area contributed by atoms with Crippen LogP contribution in [0.2, 0.25) is 0 Å². The molecular weight excluding hydrogens is 314 g/mol. The first kappa shape index (κ1) is 17.5. The number of hydrogen-bond donors (Lipinski definition) is 0. The second kappa shape index (κ2) is 7.37.